The quantitative estimate of drug-likeness (QED) is 0.0625. The Hall–Kier alpha value is -5.93. The fourth-order valence-corrected chi connectivity index (χ4v) is 9.49. The van der Waals surface area contributed by atoms with E-state index in [-0.39, 0.29) is 32.2 Å². The summed E-state index contributed by atoms with van der Waals surface area (Å²) in [4.78, 5) is 86.7. The molecule has 6 rings (SSSR count). The maximum atomic E-state index is 14.4. The van der Waals surface area contributed by atoms with E-state index in [4.69, 9.17) is 11.3 Å². The Morgan fingerprint density at radius 3 is 2.10 bits per heavy atom. The fourth-order valence-electron chi connectivity index (χ4n) is 9.49. The van der Waals surface area contributed by atoms with E-state index < -0.39 is 77.7 Å². The van der Waals surface area contributed by atoms with Gasteiger partial charge in [-0.1, -0.05) is 74.5 Å². The normalized spacial score (nSPS) is 21.8. The number of fused-ring (bicyclic) bond motifs is 3. The number of nitrogens with zero attached hydrogens (tertiary/aromatic N) is 5. The Balaban J connectivity index is 1.10. The average molecular weight is 970 g/mol. The van der Waals surface area contributed by atoms with Crippen LogP contribution in [0.15, 0.2) is 72.6 Å². The van der Waals surface area contributed by atoms with Gasteiger partial charge in [-0.25, -0.2) is 9.48 Å². The minimum Gasteiger partial charge on any atom is -0.480 e. The van der Waals surface area contributed by atoms with Gasteiger partial charge in [-0.15, -0.1) is 0 Å². The Bertz CT molecular complexity index is 2140. The molecule has 4 aliphatic heterocycles. The minimum atomic E-state index is -1.27. The van der Waals surface area contributed by atoms with Gasteiger partial charge >= 0.3 is 5.97 Å². The molecule has 0 spiro atoms. The van der Waals surface area contributed by atoms with Crippen molar-refractivity contribution in [2.45, 2.75) is 108 Å². The molecule has 0 radical (unpaired) electrons. The molecule has 20 nitrogen and oxygen atoms in total. The lowest BCUT2D eigenvalue weighted by molar-refractivity contribution is -0.438. The lowest BCUT2D eigenvalue weighted by Crippen LogP contribution is -2.59. The Morgan fingerprint density at radius 2 is 1.44 bits per heavy atom. The first-order valence-electron chi connectivity index (χ1n) is 25.0. The van der Waals surface area contributed by atoms with Crippen molar-refractivity contribution in [3.63, 3.8) is 0 Å². The summed E-state index contributed by atoms with van der Waals surface area (Å²) in [6.45, 7) is 13.3. The number of aliphatic carboxylic acids is 1. The molecule has 70 heavy (non-hydrogen) atoms. The van der Waals surface area contributed by atoms with Gasteiger partial charge in [0.1, 0.15) is 30.2 Å². The van der Waals surface area contributed by atoms with E-state index in [0.29, 0.717) is 32.5 Å². The van der Waals surface area contributed by atoms with Crippen LogP contribution in [0.3, 0.4) is 0 Å². The molecule has 2 aromatic rings. The molecule has 0 aromatic heterocycles. The molecule has 0 aliphatic carbocycles. The van der Waals surface area contributed by atoms with Gasteiger partial charge in [-0.3, -0.25) is 28.9 Å². The maximum absolute atomic E-state index is 14.4. The average Bonchev–Trinajstić information content (AvgIpc) is 3.86. The van der Waals surface area contributed by atoms with Crippen LogP contribution in [0.25, 0.3) is 5.53 Å². The molecule has 2 fully saturated rings. The lowest BCUT2D eigenvalue weighted by atomic mass is 9.98. The summed E-state index contributed by atoms with van der Waals surface area (Å²) in [5, 5.41) is 33.5. The van der Waals surface area contributed by atoms with Crippen molar-refractivity contribution in [3.8, 4) is 0 Å². The molecule has 2 aromatic carbocycles. The van der Waals surface area contributed by atoms with Gasteiger partial charge in [-0.2, -0.15) is 0 Å². The zero-order valence-electron chi connectivity index (χ0n) is 41.0. The maximum Gasteiger partial charge on any atom is 0.326 e. The molecule has 5 amide bonds. The molecule has 4 heterocycles. The molecule has 20 heteroatoms. The van der Waals surface area contributed by atoms with Crippen LogP contribution in [0.2, 0.25) is 0 Å². The predicted octanol–water partition coefficient (Wildman–Crippen LogP) is -0.0376. The molecule has 7 atom stereocenters. The number of carbonyl (C=O) groups excluding carboxylic acids is 5. The van der Waals surface area contributed by atoms with Crippen LogP contribution in [0.4, 0.5) is 0 Å². The third kappa shape index (κ3) is 15.5. The Kier molecular flexibility index (Phi) is 20.5. The van der Waals surface area contributed by atoms with Gasteiger partial charge in [-0.05, 0) is 88.7 Å². The number of likely N-dealkylation sites (tertiary alicyclic amines) is 1. The third-order valence-electron chi connectivity index (χ3n) is 13.0. The van der Waals surface area contributed by atoms with Crippen molar-refractivity contribution in [3.05, 3.63) is 89.2 Å². The summed E-state index contributed by atoms with van der Waals surface area (Å²) in [6, 6.07) is 12.1. The zero-order chi connectivity index (χ0) is 50.0. The second-order valence-corrected chi connectivity index (χ2v) is 19.1. The van der Waals surface area contributed by atoms with Crippen molar-refractivity contribution in [2.24, 2.45) is 11.7 Å². The summed E-state index contributed by atoms with van der Waals surface area (Å²) < 4.78 is 1.93. The number of carboxylic acids is 1. The second-order valence-electron chi connectivity index (χ2n) is 19.1. The topological polar surface area (TPSA) is 260 Å². The van der Waals surface area contributed by atoms with Crippen molar-refractivity contribution < 1.29 is 38.6 Å². The van der Waals surface area contributed by atoms with E-state index in [0.717, 1.165) is 81.2 Å². The van der Waals surface area contributed by atoms with Crippen molar-refractivity contribution in [1.29, 1.82) is 0 Å². The van der Waals surface area contributed by atoms with Crippen LogP contribution >= 0.6 is 0 Å². The fraction of sp³-hybridized carbons (Fsp3) is 0.580. The third-order valence-corrected chi connectivity index (χ3v) is 13.0. The summed E-state index contributed by atoms with van der Waals surface area (Å²) >= 11 is 0. The van der Waals surface area contributed by atoms with Crippen molar-refractivity contribution in [2.75, 3.05) is 72.0 Å². The number of hydrogen-bond acceptors (Lipinski definition) is 12. The van der Waals surface area contributed by atoms with Gasteiger partial charge in [0.05, 0.1) is 32.4 Å². The largest absolute Gasteiger partial charge is 0.480 e. The number of carbonyl (C=O) groups is 6. The van der Waals surface area contributed by atoms with Gasteiger partial charge in [0.25, 0.3) is 0 Å². The number of nitrogens with two attached hydrogens (primary N) is 1. The smallest absolute Gasteiger partial charge is 0.326 e. The van der Waals surface area contributed by atoms with E-state index in [9.17, 15) is 33.9 Å². The second kappa shape index (κ2) is 26.9. The molecule has 10 N–H and O–H groups in total. The van der Waals surface area contributed by atoms with Crippen molar-refractivity contribution >= 4 is 41.2 Å². The molecular formula is C50H75N13O7. The van der Waals surface area contributed by atoms with Crippen LogP contribution in [0, 0.1) is 5.92 Å². The van der Waals surface area contributed by atoms with E-state index in [1.54, 1.807) is 62.2 Å². The van der Waals surface area contributed by atoms with Crippen LogP contribution in [0.5, 0.6) is 0 Å². The monoisotopic (exact) mass is 970 g/mol. The highest BCUT2D eigenvalue weighted by atomic mass is 16.4. The molecule has 2 bridgehead atoms. The van der Waals surface area contributed by atoms with Gasteiger partial charge in [0.15, 0.2) is 5.71 Å². The Morgan fingerprint density at radius 1 is 0.800 bits per heavy atom. The SMILES string of the molecule is CC(C)[C@@H](C(=O)N[C@@H](Cc1ccccc1)C(=O)N[C@@H](Cc1ccccc1)C(=O)O)N1C(=O)[C@@H](NC(=O)[C@H](CCCCN)NC(=O)CN2C=C3CN4CCCNCCNCCCNCC(=[N+]3[N-]2)C4)CC1C. The number of nitrogens with one attached hydrogen (secondary N) is 7. The standard InChI is InChI=1S/C50H75N13O7/c1-34(2)45(48(67)56-41(27-36-14-6-4-7-15-36)47(66)58-43(50(69)70)28-37-16-8-5-9-17-37)62-35(3)26-42(49(62)68)57-46(65)40(18-10-11-19-51)55-44(64)33-61-32-39-31-60-25-13-22-53-24-23-52-20-12-21-54-29-38(30-60)63(39)59-61/h4-9,14-17,32,34-35,40-43,45,52-54H,10-13,18-31,33,51H2,1-3H3,(H,55,64)(H,56,67)(H,57,65)(H,58,66)(H,69,70)/t35?,40-,41-,42-,43-,45-/m0/s1. The van der Waals surface area contributed by atoms with Crippen LogP contribution in [0.1, 0.15) is 70.4 Å². The molecular weight excluding hydrogens is 895 g/mol. The molecule has 382 valence electrons. The highest BCUT2D eigenvalue weighted by Gasteiger charge is 2.46. The first-order valence-corrected chi connectivity index (χ1v) is 25.0. The number of rotatable bonds is 20. The van der Waals surface area contributed by atoms with Crippen LogP contribution in [-0.2, 0) is 41.6 Å². The van der Waals surface area contributed by atoms with E-state index in [1.165, 1.54) is 4.90 Å². The number of unbranched alkanes of at least 4 members (excludes halogenated alkanes) is 1. The molecule has 4 aliphatic rings. The van der Waals surface area contributed by atoms with Gasteiger partial charge < -0.3 is 63.5 Å². The number of carboxylic acid groups (broad SMARTS) is 1. The van der Waals surface area contributed by atoms with Crippen LogP contribution < -0.4 is 43.0 Å². The number of benzene rings is 2. The molecule has 2 saturated heterocycles. The lowest BCUT2D eigenvalue weighted by Gasteiger charge is -2.34. The van der Waals surface area contributed by atoms with Gasteiger partial charge in [0, 0.05) is 38.5 Å². The van der Waals surface area contributed by atoms with Gasteiger partial charge in [0.2, 0.25) is 35.2 Å². The van der Waals surface area contributed by atoms with E-state index in [2.05, 4.69) is 42.1 Å². The highest BCUT2D eigenvalue weighted by Crippen LogP contribution is 2.27. The highest BCUT2D eigenvalue weighted by molar-refractivity contribution is 5.97. The predicted molar refractivity (Wildman–Crippen MR) is 266 cm³/mol. The number of hydrogen-bond donors (Lipinski definition) is 9. The summed E-state index contributed by atoms with van der Waals surface area (Å²) in [6.07, 6.45) is 5.66. The van der Waals surface area contributed by atoms with E-state index >= 15 is 0 Å². The van der Waals surface area contributed by atoms with E-state index in [1.807, 2.05) is 35.1 Å². The molecule has 2 unspecified atom stereocenters. The van der Waals surface area contributed by atoms with Crippen molar-refractivity contribution in [1.82, 2.24) is 52.0 Å². The summed E-state index contributed by atoms with van der Waals surface area (Å²) in [7, 11) is 0. The summed E-state index contributed by atoms with van der Waals surface area (Å²) in [5.74, 6) is -4.32. The molecule has 0 saturated carbocycles. The summed E-state index contributed by atoms with van der Waals surface area (Å²) in [5.41, 5.74) is 14.1. The Labute approximate surface area is 411 Å². The minimum absolute atomic E-state index is 0.0337. The van der Waals surface area contributed by atoms with Crippen LogP contribution in [-0.4, -0.2) is 174 Å². The zero-order valence-corrected chi connectivity index (χ0v) is 41.0. The number of amides is 5. The first kappa shape index (κ1) is 53.4. The first-order chi connectivity index (χ1) is 33.8.